The Labute approximate surface area is 154 Å². The van der Waals surface area contributed by atoms with Crippen LogP contribution in [-0.2, 0) is 9.59 Å². The molecule has 7 heteroatoms. The monoisotopic (exact) mass is 360 g/mol. The largest absolute Gasteiger partial charge is 0.356 e. The van der Waals surface area contributed by atoms with Crippen LogP contribution in [0, 0.1) is 5.92 Å². The van der Waals surface area contributed by atoms with Crippen molar-refractivity contribution in [2.75, 3.05) is 31.5 Å². The maximum Gasteiger partial charge on any atom is 0.317 e. The van der Waals surface area contributed by atoms with Crippen LogP contribution in [0.25, 0.3) is 0 Å². The van der Waals surface area contributed by atoms with Gasteiger partial charge in [-0.1, -0.05) is 25.1 Å². The van der Waals surface area contributed by atoms with E-state index in [1.165, 1.54) is 0 Å². The van der Waals surface area contributed by atoms with Crippen molar-refractivity contribution in [3.05, 3.63) is 30.3 Å². The summed E-state index contributed by atoms with van der Waals surface area (Å²) in [6.07, 6.45) is 2.46. The first kappa shape index (κ1) is 19.8. The fourth-order valence-corrected chi connectivity index (χ4v) is 2.86. The van der Waals surface area contributed by atoms with E-state index < -0.39 is 0 Å². The van der Waals surface area contributed by atoms with Gasteiger partial charge in [-0.3, -0.25) is 9.59 Å². The molecule has 0 saturated carbocycles. The number of likely N-dealkylation sites (tertiary alicyclic amines) is 1. The summed E-state index contributed by atoms with van der Waals surface area (Å²) in [5.74, 6) is -0.133. The Morgan fingerprint density at radius 3 is 2.38 bits per heavy atom. The molecule has 0 unspecified atom stereocenters. The first-order chi connectivity index (χ1) is 12.6. The molecule has 0 spiro atoms. The molecule has 1 aliphatic heterocycles. The van der Waals surface area contributed by atoms with Gasteiger partial charge in [-0.2, -0.15) is 0 Å². The fourth-order valence-electron chi connectivity index (χ4n) is 2.86. The van der Waals surface area contributed by atoms with E-state index in [1.54, 1.807) is 4.90 Å². The molecule has 1 aromatic carbocycles. The standard InChI is InChI=1S/C19H28N4O3/c1-2-11-20-17(24)8-12-21-19(26)23-13-9-15(10-14-23)18(25)22-16-6-4-3-5-7-16/h3-7,15H,2,8-14H2,1H3,(H,20,24)(H,21,26)(H,22,25). The number of piperidine rings is 1. The van der Waals surface area contributed by atoms with E-state index in [-0.39, 0.29) is 30.2 Å². The lowest BCUT2D eigenvalue weighted by Gasteiger charge is -2.31. The summed E-state index contributed by atoms with van der Waals surface area (Å²) in [5.41, 5.74) is 0.791. The number of nitrogens with zero attached hydrogens (tertiary/aromatic N) is 1. The van der Waals surface area contributed by atoms with Crippen LogP contribution in [0.2, 0.25) is 0 Å². The number of hydrogen-bond donors (Lipinski definition) is 3. The van der Waals surface area contributed by atoms with Crippen LogP contribution in [0.3, 0.4) is 0 Å². The fraction of sp³-hybridized carbons (Fsp3) is 0.526. The molecule has 3 N–H and O–H groups in total. The zero-order valence-corrected chi connectivity index (χ0v) is 15.3. The molecule has 1 heterocycles. The van der Waals surface area contributed by atoms with Gasteiger partial charge in [0.2, 0.25) is 11.8 Å². The van der Waals surface area contributed by atoms with Crippen LogP contribution in [0.4, 0.5) is 10.5 Å². The average molecular weight is 360 g/mol. The van der Waals surface area contributed by atoms with E-state index in [2.05, 4.69) is 16.0 Å². The summed E-state index contributed by atoms with van der Waals surface area (Å²) in [4.78, 5) is 37.7. The highest BCUT2D eigenvalue weighted by Gasteiger charge is 2.27. The first-order valence-corrected chi connectivity index (χ1v) is 9.25. The number of nitrogens with one attached hydrogen (secondary N) is 3. The molecule has 0 atom stereocenters. The summed E-state index contributed by atoms with van der Waals surface area (Å²) in [6.45, 7) is 4.06. The van der Waals surface area contributed by atoms with Crippen LogP contribution in [0.15, 0.2) is 30.3 Å². The third-order valence-electron chi connectivity index (χ3n) is 4.39. The molecular weight excluding hydrogens is 332 g/mol. The van der Waals surface area contributed by atoms with E-state index >= 15 is 0 Å². The van der Waals surface area contributed by atoms with E-state index in [4.69, 9.17) is 0 Å². The molecule has 2 rings (SSSR count). The van der Waals surface area contributed by atoms with E-state index in [9.17, 15) is 14.4 Å². The van der Waals surface area contributed by atoms with Crippen molar-refractivity contribution in [1.82, 2.24) is 15.5 Å². The van der Waals surface area contributed by atoms with Gasteiger partial charge in [0.25, 0.3) is 0 Å². The Balaban J connectivity index is 1.66. The summed E-state index contributed by atoms with van der Waals surface area (Å²) < 4.78 is 0. The minimum Gasteiger partial charge on any atom is -0.356 e. The normalized spacial score (nSPS) is 14.6. The number of anilines is 1. The van der Waals surface area contributed by atoms with Gasteiger partial charge in [-0.25, -0.2) is 4.79 Å². The number of hydrogen-bond acceptors (Lipinski definition) is 3. The lowest BCUT2D eigenvalue weighted by Crippen LogP contribution is -2.46. The van der Waals surface area contributed by atoms with Crippen molar-refractivity contribution in [1.29, 1.82) is 0 Å². The van der Waals surface area contributed by atoms with Gasteiger partial charge in [0.15, 0.2) is 0 Å². The second-order valence-electron chi connectivity index (χ2n) is 6.45. The Morgan fingerprint density at radius 1 is 1.04 bits per heavy atom. The average Bonchev–Trinajstić information content (AvgIpc) is 2.67. The topological polar surface area (TPSA) is 90.5 Å². The van der Waals surface area contributed by atoms with Crippen molar-refractivity contribution in [2.45, 2.75) is 32.6 Å². The third-order valence-corrected chi connectivity index (χ3v) is 4.39. The van der Waals surface area contributed by atoms with Crippen molar-refractivity contribution in [2.24, 2.45) is 5.92 Å². The van der Waals surface area contributed by atoms with Crippen LogP contribution in [0.1, 0.15) is 32.6 Å². The second kappa shape index (κ2) is 10.4. The Bertz CT molecular complexity index is 598. The maximum absolute atomic E-state index is 12.3. The van der Waals surface area contributed by atoms with Gasteiger partial charge in [0, 0.05) is 44.2 Å². The van der Waals surface area contributed by atoms with Crippen molar-refractivity contribution in [3.8, 4) is 0 Å². The van der Waals surface area contributed by atoms with Crippen molar-refractivity contribution >= 4 is 23.5 Å². The zero-order chi connectivity index (χ0) is 18.8. The van der Waals surface area contributed by atoms with Gasteiger partial charge in [0.1, 0.15) is 0 Å². The molecule has 1 fully saturated rings. The van der Waals surface area contributed by atoms with E-state index in [0.29, 0.717) is 39.0 Å². The van der Waals surface area contributed by atoms with Crippen LogP contribution in [-0.4, -0.2) is 48.9 Å². The number of carbonyl (C=O) groups excluding carboxylic acids is 3. The number of rotatable bonds is 7. The van der Waals surface area contributed by atoms with Crippen molar-refractivity contribution in [3.63, 3.8) is 0 Å². The van der Waals surface area contributed by atoms with E-state index in [1.807, 2.05) is 37.3 Å². The predicted molar refractivity (Wildman–Crippen MR) is 101 cm³/mol. The number of para-hydroxylation sites is 1. The molecule has 0 bridgehead atoms. The Kier molecular flexibility index (Phi) is 7.92. The van der Waals surface area contributed by atoms with Gasteiger partial charge < -0.3 is 20.9 Å². The molecule has 0 aromatic heterocycles. The number of amides is 4. The molecule has 7 nitrogen and oxygen atoms in total. The number of carbonyl (C=O) groups is 3. The molecule has 1 aliphatic rings. The summed E-state index contributed by atoms with van der Waals surface area (Å²) in [6, 6.07) is 9.21. The highest BCUT2D eigenvalue weighted by molar-refractivity contribution is 5.92. The minimum absolute atomic E-state index is 0.00357. The summed E-state index contributed by atoms with van der Waals surface area (Å²) >= 11 is 0. The van der Waals surface area contributed by atoms with Gasteiger partial charge in [-0.05, 0) is 31.4 Å². The minimum atomic E-state index is -0.171. The molecule has 26 heavy (non-hydrogen) atoms. The molecule has 0 radical (unpaired) electrons. The third kappa shape index (κ3) is 6.38. The van der Waals surface area contributed by atoms with Gasteiger partial charge >= 0.3 is 6.03 Å². The molecule has 142 valence electrons. The quantitative estimate of drug-likeness (QED) is 0.694. The molecule has 1 aromatic rings. The number of benzene rings is 1. The molecular formula is C19H28N4O3. The maximum atomic E-state index is 12.3. The molecule has 0 aliphatic carbocycles. The number of urea groups is 1. The lowest BCUT2D eigenvalue weighted by atomic mass is 9.96. The van der Waals surface area contributed by atoms with Gasteiger partial charge in [-0.15, -0.1) is 0 Å². The second-order valence-corrected chi connectivity index (χ2v) is 6.45. The van der Waals surface area contributed by atoms with Crippen LogP contribution in [0.5, 0.6) is 0 Å². The molecule has 4 amide bonds. The summed E-state index contributed by atoms with van der Waals surface area (Å²) in [7, 11) is 0. The first-order valence-electron chi connectivity index (χ1n) is 9.25. The van der Waals surface area contributed by atoms with Crippen LogP contribution >= 0.6 is 0 Å². The lowest BCUT2D eigenvalue weighted by molar-refractivity contribution is -0.121. The highest BCUT2D eigenvalue weighted by atomic mass is 16.2. The molecule has 1 saturated heterocycles. The van der Waals surface area contributed by atoms with Crippen LogP contribution < -0.4 is 16.0 Å². The Hall–Kier alpha value is -2.57. The zero-order valence-electron chi connectivity index (χ0n) is 15.3. The summed E-state index contributed by atoms with van der Waals surface area (Å²) in [5, 5.41) is 8.46. The predicted octanol–water partition coefficient (Wildman–Crippen LogP) is 1.96. The van der Waals surface area contributed by atoms with E-state index in [0.717, 1.165) is 12.1 Å². The SMILES string of the molecule is CCCNC(=O)CCNC(=O)N1CCC(C(=O)Nc2ccccc2)CC1. The Morgan fingerprint density at radius 2 is 1.73 bits per heavy atom. The smallest absolute Gasteiger partial charge is 0.317 e. The van der Waals surface area contributed by atoms with Gasteiger partial charge in [0.05, 0.1) is 0 Å². The highest BCUT2D eigenvalue weighted by Crippen LogP contribution is 2.19. The van der Waals surface area contributed by atoms with Crippen molar-refractivity contribution < 1.29 is 14.4 Å².